The highest BCUT2D eigenvalue weighted by atomic mass is 35.5. The third-order valence-electron chi connectivity index (χ3n) is 3.61. The van der Waals surface area contributed by atoms with Gasteiger partial charge in [0.1, 0.15) is 0 Å². The molecule has 0 N–H and O–H groups in total. The van der Waals surface area contributed by atoms with Crippen LogP contribution in [0.15, 0.2) is 24.3 Å². The van der Waals surface area contributed by atoms with Gasteiger partial charge >= 0.3 is 0 Å². The fourth-order valence-electron chi connectivity index (χ4n) is 2.46. The minimum atomic E-state index is -0.220. The number of halogens is 3. The van der Waals surface area contributed by atoms with Gasteiger partial charge in [-0.05, 0) is 37.0 Å². The van der Waals surface area contributed by atoms with E-state index in [1.165, 1.54) is 0 Å². The molecule has 1 nitrogen and oxygen atoms in total. The minimum absolute atomic E-state index is 0.220. The Bertz CT molecular complexity index is 367. The highest BCUT2D eigenvalue weighted by Crippen LogP contribution is 2.36. The van der Waals surface area contributed by atoms with Crippen LogP contribution >= 0.6 is 34.8 Å². The molecule has 0 aliphatic carbocycles. The molecule has 100 valence electrons. The first-order valence-electron chi connectivity index (χ1n) is 6.20. The Morgan fingerprint density at radius 1 is 1.17 bits per heavy atom. The van der Waals surface area contributed by atoms with Crippen LogP contribution < -0.4 is 0 Å². The molecular formula is C14H17Cl3O. The highest BCUT2D eigenvalue weighted by Gasteiger charge is 2.35. The molecule has 18 heavy (non-hydrogen) atoms. The van der Waals surface area contributed by atoms with E-state index in [9.17, 15) is 0 Å². The van der Waals surface area contributed by atoms with E-state index in [1.54, 1.807) is 0 Å². The lowest BCUT2D eigenvalue weighted by Crippen LogP contribution is -2.34. The van der Waals surface area contributed by atoms with Crippen molar-refractivity contribution >= 4 is 34.8 Å². The van der Waals surface area contributed by atoms with Crippen molar-refractivity contribution in [1.29, 1.82) is 0 Å². The van der Waals surface area contributed by atoms with Gasteiger partial charge in [-0.1, -0.05) is 23.7 Å². The van der Waals surface area contributed by atoms with Crippen molar-refractivity contribution in [3.63, 3.8) is 0 Å². The van der Waals surface area contributed by atoms with E-state index in [1.807, 2.05) is 24.3 Å². The molecule has 1 unspecified atom stereocenters. The van der Waals surface area contributed by atoms with E-state index in [2.05, 4.69) is 0 Å². The summed E-state index contributed by atoms with van der Waals surface area (Å²) in [6.07, 6.45) is 3.38. The Morgan fingerprint density at radius 3 is 2.33 bits per heavy atom. The number of hydrogen-bond acceptors (Lipinski definition) is 1. The number of rotatable bonds is 5. The Labute approximate surface area is 123 Å². The summed E-state index contributed by atoms with van der Waals surface area (Å²) in [5.41, 5.74) is 0.926. The van der Waals surface area contributed by atoms with Crippen LogP contribution in [-0.4, -0.2) is 24.5 Å². The van der Waals surface area contributed by atoms with Gasteiger partial charge in [0.2, 0.25) is 0 Å². The average molecular weight is 308 g/mol. The first kappa shape index (κ1) is 14.5. The van der Waals surface area contributed by atoms with Crippen molar-refractivity contribution in [2.45, 2.75) is 30.8 Å². The lowest BCUT2D eigenvalue weighted by atomic mass is 9.79. The summed E-state index contributed by atoms with van der Waals surface area (Å²) in [6.45, 7) is 0.853. The fourth-order valence-corrected chi connectivity index (χ4v) is 3.40. The van der Waals surface area contributed by atoms with E-state index in [0.717, 1.165) is 36.5 Å². The molecule has 0 amide bonds. The maximum absolute atomic E-state index is 6.20. The summed E-state index contributed by atoms with van der Waals surface area (Å²) in [7, 11) is 0. The lowest BCUT2D eigenvalue weighted by Gasteiger charge is -2.32. The van der Waals surface area contributed by atoms with Crippen molar-refractivity contribution in [3.8, 4) is 0 Å². The molecule has 1 aromatic rings. The summed E-state index contributed by atoms with van der Waals surface area (Å²) < 4.78 is 5.71. The predicted octanol–water partition coefficient (Wildman–Crippen LogP) is 4.62. The van der Waals surface area contributed by atoms with Crippen molar-refractivity contribution in [3.05, 3.63) is 34.9 Å². The smallest absolute Gasteiger partial charge is 0.0585 e. The summed E-state index contributed by atoms with van der Waals surface area (Å²) in [4.78, 5) is 0. The van der Waals surface area contributed by atoms with Crippen molar-refractivity contribution in [1.82, 2.24) is 0 Å². The molecule has 1 aromatic carbocycles. The SMILES string of the molecule is ClCC(CCl)(CC1CCCO1)c1ccc(Cl)cc1. The molecule has 0 spiro atoms. The first-order valence-corrected chi connectivity index (χ1v) is 7.64. The summed E-state index contributed by atoms with van der Waals surface area (Å²) in [6, 6.07) is 7.81. The number of benzene rings is 1. The second kappa shape index (κ2) is 6.47. The average Bonchev–Trinajstić information content (AvgIpc) is 2.90. The first-order chi connectivity index (χ1) is 8.70. The van der Waals surface area contributed by atoms with E-state index < -0.39 is 0 Å². The Morgan fingerprint density at radius 2 is 1.83 bits per heavy atom. The normalized spacial score (nSPS) is 20.3. The van der Waals surface area contributed by atoms with Crippen LogP contribution in [0.5, 0.6) is 0 Å². The Hall–Kier alpha value is 0.0500. The van der Waals surface area contributed by atoms with Crippen LogP contribution in [0.25, 0.3) is 0 Å². The lowest BCUT2D eigenvalue weighted by molar-refractivity contribution is 0.0884. The van der Waals surface area contributed by atoms with Crippen LogP contribution in [-0.2, 0) is 10.2 Å². The number of alkyl halides is 2. The summed E-state index contributed by atoms with van der Waals surface area (Å²) in [5, 5.41) is 0.730. The monoisotopic (exact) mass is 306 g/mol. The zero-order valence-corrected chi connectivity index (χ0v) is 12.4. The van der Waals surface area contributed by atoms with Crippen LogP contribution in [0.4, 0.5) is 0 Å². The number of ether oxygens (including phenoxy) is 1. The van der Waals surface area contributed by atoms with E-state index >= 15 is 0 Å². The third-order valence-corrected chi connectivity index (χ3v) is 4.89. The largest absolute Gasteiger partial charge is 0.378 e. The third kappa shape index (κ3) is 3.14. The molecule has 0 radical (unpaired) electrons. The van der Waals surface area contributed by atoms with Gasteiger partial charge in [-0.3, -0.25) is 0 Å². The number of hydrogen-bond donors (Lipinski definition) is 0. The quantitative estimate of drug-likeness (QED) is 0.721. The van der Waals surface area contributed by atoms with Gasteiger partial charge in [0.15, 0.2) is 0 Å². The van der Waals surface area contributed by atoms with Crippen LogP contribution in [0.2, 0.25) is 5.02 Å². The molecular weight excluding hydrogens is 291 g/mol. The second-order valence-corrected chi connectivity index (χ2v) is 5.86. The van der Waals surface area contributed by atoms with Gasteiger partial charge in [0.25, 0.3) is 0 Å². The van der Waals surface area contributed by atoms with Gasteiger partial charge in [0.05, 0.1) is 6.10 Å². The molecule has 4 heteroatoms. The van der Waals surface area contributed by atoms with Crippen LogP contribution in [0.1, 0.15) is 24.8 Å². The van der Waals surface area contributed by atoms with E-state index in [0.29, 0.717) is 11.8 Å². The van der Waals surface area contributed by atoms with Crippen molar-refractivity contribution in [2.24, 2.45) is 0 Å². The maximum atomic E-state index is 6.20. The highest BCUT2D eigenvalue weighted by molar-refractivity contribution is 6.30. The van der Waals surface area contributed by atoms with Crippen LogP contribution in [0.3, 0.4) is 0 Å². The standard InChI is InChI=1S/C14H17Cl3O/c15-9-14(10-16,8-13-2-1-7-18-13)11-3-5-12(17)6-4-11/h3-6,13H,1-2,7-10H2. The van der Waals surface area contributed by atoms with Gasteiger partial charge in [-0.2, -0.15) is 0 Å². The minimum Gasteiger partial charge on any atom is -0.378 e. The predicted molar refractivity (Wildman–Crippen MR) is 78.2 cm³/mol. The maximum Gasteiger partial charge on any atom is 0.0585 e. The zero-order valence-electron chi connectivity index (χ0n) is 10.2. The molecule has 1 atom stereocenters. The molecule has 2 rings (SSSR count). The van der Waals surface area contributed by atoms with Gasteiger partial charge < -0.3 is 4.74 Å². The van der Waals surface area contributed by atoms with E-state index in [-0.39, 0.29) is 11.5 Å². The van der Waals surface area contributed by atoms with Gasteiger partial charge in [-0.25, -0.2) is 0 Å². The molecule has 1 heterocycles. The molecule has 0 aromatic heterocycles. The van der Waals surface area contributed by atoms with Gasteiger partial charge in [0, 0.05) is 28.8 Å². The topological polar surface area (TPSA) is 9.23 Å². The second-order valence-electron chi connectivity index (χ2n) is 4.89. The summed E-state index contributed by atoms with van der Waals surface area (Å²) in [5.74, 6) is 0.996. The Kier molecular flexibility index (Phi) is 5.20. The Balaban J connectivity index is 2.21. The zero-order chi connectivity index (χ0) is 13.0. The molecule has 1 saturated heterocycles. The molecule has 1 aliphatic heterocycles. The molecule has 1 fully saturated rings. The molecule has 0 saturated carbocycles. The van der Waals surface area contributed by atoms with E-state index in [4.69, 9.17) is 39.5 Å². The van der Waals surface area contributed by atoms with Gasteiger partial charge in [-0.15, -0.1) is 23.2 Å². The molecule has 0 bridgehead atoms. The van der Waals surface area contributed by atoms with Crippen LogP contribution in [0, 0.1) is 0 Å². The fraction of sp³-hybridized carbons (Fsp3) is 0.571. The summed E-state index contributed by atoms with van der Waals surface area (Å²) >= 11 is 18.3. The molecule has 1 aliphatic rings. The van der Waals surface area contributed by atoms with Crippen molar-refractivity contribution in [2.75, 3.05) is 18.4 Å². The van der Waals surface area contributed by atoms with Crippen molar-refractivity contribution < 1.29 is 4.74 Å².